The van der Waals surface area contributed by atoms with Crippen molar-refractivity contribution in [3.63, 3.8) is 0 Å². The molecule has 0 saturated carbocycles. The van der Waals surface area contributed by atoms with Crippen LogP contribution in [0, 0.1) is 23.7 Å². The van der Waals surface area contributed by atoms with Crippen LogP contribution in [0.25, 0.3) is 0 Å². The van der Waals surface area contributed by atoms with Crippen LogP contribution in [0.4, 0.5) is 0 Å². The number of nitrogens with two attached hydrogens (primary N) is 1. The molecule has 0 rings (SSSR count). The lowest BCUT2D eigenvalue weighted by molar-refractivity contribution is 0.536. The molecule has 0 bridgehead atoms. The minimum absolute atomic E-state index is 0.723. The van der Waals surface area contributed by atoms with Crippen LogP contribution < -0.4 is 5.73 Å². The van der Waals surface area contributed by atoms with Crippen molar-refractivity contribution in [2.75, 3.05) is 6.54 Å². The molecule has 0 saturated heterocycles. The molecular weight excluding hydrogens is 290 g/mol. The normalized spacial score (nSPS) is 9.92. The number of rotatable bonds is 16. The van der Waals surface area contributed by atoms with Crippen LogP contribution in [0.3, 0.4) is 0 Å². The second-order valence-electron chi connectivity index (χ2n) is 6.84. The summed E-state index contributed by atoms with van der Waals surface area (Å²) in [6, 6.07) is 0. The van der Waals surface area contributed by atoms with Crippen molar-refractivity contribution in [2.24, 2.45) is 5.73 Å². The second kappa shape index (κ2) is 22.1. The molecule has 0 aromatic carbocycles. The molecule has 1 nitrogen and oxygen atoms in total. The fraction of sp³-hybridized carbons (Fsp3) is 0.826. The summed E-state index contributed by atoms with van der Waals surface area (Å²) in [6.45, 7) is 3.01. The summed E-state index contributed by atoms with van der Waals surface area (Å²) in [7, 11) is 0. The van der Waals surface area contributed by atoms with Crippen molar-refractivity contribution in [1.82, 2.24) is 0 Å². The molecule has 0 aliphatic rings. The summed E-state index contributed by atoms with van der Waals surface area (Å²) < 4.78 is 0. The van der Waals surface area contributed by atoms with Crippen LogP contribution >= 0.6 is 0 Å². The summed E-state index contributed by atoms with van der Waals surface area (Å²) in [6.07, 6.45) is 22.6. The fourth-order valence-corrected chi connectivity index (χ4v) is 2.81. The molecule has 0 spiro atoms. The van der Waals surface area contributed by atoms with Gasteiger partial charge in [0.2, 0.25) is 0 Å². The molecule has 0 fully saturated rings. The third-order valence-corrected chi connectivity index (χ3v) is 4.40. The Labute approximate surface area is 152 Å². The zero-order chi connectivity index (χ0) is 17.6. The van der Waals surface area contributed by atoms with E-state index in [0.29, 0.717) is 0 Å². The predicted octanol–water partition coefficient (Wildman–Crippen LogP) is 6.60. The maximum absolute atomic E-state index is 5.41. The first-order chi connectivity index (χ1) is 11.9. The fourth-order valence-electron chi connectivity index (χ4n) is 2.81. The van der Waals surface area contributed by atoms with E-state index in [4.69, 9.17) is 5.73 Å². The van der Waals surface area contributed by atoms with Gasteiger partial charge in [0.15, 0.2) is 0 Å². The van der Waals surface area contributed by atoms with Gasteiger partial charge in [0.1, 0.15) is 0 Å². The maximum Gasteiger partial charge on any atom is 0.0111 e. The SMILES string of the molecule is CCCCCCCCCCCCCCCCC#CC#CCCCN. The van der Waals surface area contributed by atoms with Gasteiger partial charge in [0.05, 0.1) is 0 Å². The Bertz CT molecular complexity index is 350. The largest absolute Gasteiger partial charge is 0.330 e. The molecule has 0 unspecified atom stereocenters. The highest BCUT2D eigenvalue weighted by atomic mass is 14.5. The van der Waals surface area contributed by atoms with Gasteiger partial charge < -0.3 is 5.73 Å². The van der Waals surface area contributed by atoms with E-state index in [-0.39, 0.29) is 0 Å². The van der Waals surface area contributed by atoms with E-state index in [1.165, 1.54) is 89.9 Å². The molecule has 138 valence electrons. The molecule has 0 aromatic heterocycles. The molecule has 1 heteroatoms. The van der Waals surface area contributed by atoms with Gasteiger partial charge >= 0.3 is 0 Å². The predicted molar refractivity (Wildman–Crippen MR) is 109 cm³/mol. The minimum atomic E-state index is 0.723. The first-order valence-corrected chi connectivity index (χ1v) is 10.6. The number of unbranched alkanes of at least 4 members (excludes halogenated alkanes) is 15. The van der Waals surface area contributed by atoms with Crippen LogP contribution in [-0.4, -0.2) is 6.54 Å². The van der Waals surface area contributed by atoms with Gasteiger partial charge in [-0.15, -0.1) is 0 Å². The average Bonchev–Trinajstić information content (AvgIpc) is 2.60. The van der Waals surface area contributed by atoms with Gasteiger partial charge in [-0.3, -0.25) is 0 Å². The van der Waals surface area contributed by atoms with Gasteiger partial charge in [-0.2, -0.15) is 0 Å². The maximum atomic E-state index is 5.41. The summed E-state index contributed by atoms with van der Waals surface area (Å²) in [5.74, 6) is 12.0. The Balaban J connectivity index is 3.12. The van der Waals surface area contributed by atoms with E-state index in [1.807, 2.05) is 0 Å². The van der Waals surface area contributed by atoms with Gasteiger partial charge in [0, 0.05) is 12.8 Å². The van der Waals surface area contributed by atoms with E-state index < -0.39 is 0 Å². The number of hydrogen-bond acceptors (Lipinski definition) is 1. The smallest absolute Gasteiger partial charge is 0.0111 e. The first kappa shape index (κ1) is 23.1. The van der Waals surface area contributed by atoms with Crippen molar-refractivity contribution in [2.45, 2.75) is 116 Å². The zero-order valence-corrected chi connectivity index (χ0v) is 16.3. The summed E-state index contributed by atoms with van der Waals surface area (Å²) in [4.78, 5) is 0. The average molecular weight is 332 g/mol. The summed E-state index contributed by atoms with van der Waals surface area (Å²) in [5.41, 5.74) is 5.41. The Morgan fingerprint density at radius 3 is 1.29 bits per heavy atom. The van der Waals surface area contributed by atoms with Crippen molar-refractivity contribution in [3.8, 4) is 23.7 Å². The highest BCUT2D eigenvalue weighted by Gasteiger charge is 1.93. The molecule has 0 atom stereocenters. The minimum Gasteiger partial charge on any atom is -0.330 e. The zero-order valence-electron chi connectivity index (χ0n) is 16.3. The van der Waals surface area contributed by atoms with Gasteiger partial charge in [0.25, 0.3) is 0 Å². The van der Waals surface area contributed by atoms with Crippen LogP contribution in [0.2, 0.25) is 0 Å². The van der Waals surface area contributed by atoms with Gasteiger partial charge in [-0.05, 0) is 31.2 Å². The molecule has 0 amide bonds. The van der Waals surface area contributed by atoms with E-state index in [2.05, 4.69) is 30.6 Å². The lowest BCUT2D eigenvalue weighted by Crippen LogP contribution is -1.96. The third-order valence-electron chi connectivity index (χ3n) is 4.40. The van der Waals surface area contributed by atoms with Crippen molar-refractivity contribution < 1.29 is 0 Å². The van der Waals surface area contributed by atoms with E-state index in [0.717, 1.165) is 25.8 Å². The Kier molecular flexibility index (Phi) is 21.2. The molecule has 2 N–H and O–H groups in total. The lowest BCUT2D eigenvalue weighted by Gasteiger charge is -2.02. The lowest BCUT2D eigenvalue weighted by atomic mass is 10.0. The second-order valence-corrected chi connectivity index (χ2v) is 6.84. The van der Waals surface area contributed by atoms with Crippen LogP contribution in [0.1, 0.15) is 116 Å². The monoisotopic (exact) mass is 331 g/mol. The van der Waals surface area contributed by atoms with Crippen LogP contribution in [-0.2, 0) is 0 Å². The standard InChI is InChI=1S/C23H41N/c1-2-3-4-5-6-7-8-9-10-11-12-13-14-15-16-17-18-19-20-21-22-23-24/h2-16,21-24H2,1H3. The molecule has 0 aliphatic carbocycles. The van der Waals surface area contributed by atoms with E-state index >= 15 is 0 Å². The highest BCUT2D eigenvalue weighted by molar-refractivity contribution is 5.25. The Hall–Kier alpha value is -0.920. The topological polar surface area (TPSA) is 26.0 Å². The summed E-state index contributed by atoms with van der Waals surface area (Å²) >= 11 is 0. The molecule has 0 aliphatic heterocycles. The molecule has 0 radical (unpaired) electrons. The van der Waals surface area contributed by atoms with Crippen LogP contribution in [0.15, 0.2) is 0 Å². The van der Waals surface area contributed by atoms with Crippen molar-refractivity contribution in [1.29, 1.82) is 0 Å². The van der Waals surface area contributed by atoms with E-state index in [9.17, 15) is 0 Å². The van der Waals surface area contributed by atoms with Crippen molar-refractivity contribution >= 4 is 0 Å². The van der Waals surface area contributed by atoms with Gasteiger partial charge in [-0.25, -0.2) is 0 Å². The van der Waals surface area contributed by atoms with Crippen molar-refractivity contribution in [3.05, 3.63) is 0 Å². The molecule has 0 aromatic rings. The first-order valence-electron chi connectivity index (χ1n) is 10.6. The molecule has 0 heterocycles. The highest BCUT2D eigenvalue weighted by Crippen LogP contribution is 2.13. The van der Waals surface area contributed by atoms with Gasteiger partial charge in [-0.1, -0.05) is 102 Å². The molecular formula is C23H41N. The van der Waals surface area contributed by atoms with Crippen LogP contribution in [0.5, 0.6) is 0 Å². The third kappa shape index (κ3) is 21.1. The van der Waals surface area contributed by atoms with E-state index in [1.54, 1.807) is 0 Å². The molecule has 24 heavy (non-hydrogen) atoms. The number of hydrogen-bond donors (Lipinski definition) is 1. The Morgan fingerprint density at radius 1 is 0.500 bits per heavy atom. The quantitative estimate of drug-likeness (QED) is 0.250. The Morgan fingerprint density at radius 2 is 0.875 bits per heavy atom. The summed E-state index contributed by atoms with van der Waals surface area (Å²) in [5, 5.41) is 0.